The molecule has 29 heavy (non-hydrogen) atoms. The van der Waals surface area contributed by atoms with Crippen LogP contribution in [-0.2, 0) is 16.0 Å². The van der Waals surface area contributed by atoms with Crippen molar-refractivity contribution >= 4 is 34.5 Å². The minimum atomic E-state index is -0.817. The fourth-order valence-corrected chi connectivity index (χ4v) is 4.40. The summed E-state index contributed by atoms with van der Waals surface area (Å²) in [6.07, 6.45) is 0.950. The van der Waals surface area contributed by atoms with Crippen molar-refractivity contribution in [3.8, 4) is 0 Å². The molecule has 0 aliphatic carbocycles. The number of rotatable bonds is 5. The predicted molar refractivity (Wildman–Crippen MR) is 113 cm³/mol. The SMILES string of the molecule is O=C(NC[C@H](c1cccs1)N1CCc2ccccc21)C(=O)Nc1cccc(F)c1. The number of benzene rings is 2. The van der Waals surface area contributed by atoms with Gasteiger partial charge in [-0.15, -0.1) is 11.3 Å². The number of nitrogens with zero attached hydrogens (tertiary/aromatic N) is 1. The molecule has 5 nitrogen and oxygen atoms in total. The van der Waals surface area contributed by atoms with Crippen molar-refractivity contribution in [1.82, 2.24) is 5.32 Å². The molecule has 1 aromatic heterocycles. The summed E-state index contributed by atoms with van der Waals surface area (Å²) >= 11 is 1.62. The molecule has 1 aliphatic heterocycles. The van der Waals surface area contributed by atoms with Gasteiger partial charge in [0, 0.05) is 29.3 Å². The predicted octanol–water partition coefficient (Wildman–Crippen LogP) is 3.75. The molecule has 2 aromatic carbocycles. The van der Waals surface area contributed by atoms with Crippen molar-refractivity contribution in [3.63, 3.8) is 0 Å². The van der Waals surface area contributed by atoms with Gasteiger partial charge in [-0.25, -0.2) is 4.39 Å². The molecule has 1 aliphatic rings. The molecule has 2 amide bonds. The first-order valence-electron chi connectivity index (χ1n) is 9.34. The van der Waals surface area contributed by atoms with Crippen LogP contribution in [0.25, 0.3) is 0 Å². The Morgan fingerprint density at radius 2 is 1.93 bits per heavy atom. The number of thiophene rings is 1. The number of carbonyl (C=O) groups excluding carboxylic acids is 2. The molecule has 7 heteroatoms. The molecule has 0 fully saturated rings. The van der Waals surface area contributed by atoms with Gasteiger partial charge in [0.05, 0.1) is 6.04 Å². The lowest BCUT2D eigenvalue weighted by Crippen LogP contribution is -2.41. The Labute approximate surface area is 172 Å². The molecule has 0 bridgehead atoms. The topological polar surface area (TPSA) is 61.4 Å². The van der Waals surface area contributed by atoms with Crippen molar-refractivity contribution in [3.05, 3.63) is 82.3 Å². The second-order valence-electron chi connectivity index (χ2n) is 6.78. The summed E-state index contributed by atoms with van der Waals surface area (Å²) in [5.41, 5.74) is 2.68. The second kappa shape index (κ2) is 8.45. The number of halogens is 1. The average molecular weight is 409 g/mol. The monoisotopic (exact) mass is 409 g/mol. The van der Waals surface area contributed by atoms with Gasteiger partial charge in [0.2, 0.25) is 0 Å². The van der Waals surface area contributed by atoms with Gasteiger partial charge >= 0.3 is 11.8 Å². The van der Waals surface area contributed by atoms with E-state index in [0.717, 1.165) is 23.5 Å². The largest absolute Gasteiger partial charge is 0.361 e. The van der Waals surface area contributed by atoms with Crippen molar-refractivity contribution in [2.24, 2.45) is 0 Å². The first-order chi connectivity index (χ1) is 14.1. The minimum Gasteiger partial charge on any atom is -0.361 e. The lowest BCUT2D eigenvalue weighted by Gasteiger charge is -2.30. The third-order valence-electron chi connectivity index (χ3n) is 4.92. The molecule has 1 atom stereocenters. The van der Waals surface area contributed by atoms with E-state index < -0.39 is 17.6 Å². The van der Waals surface area contributed by atoms with Gasteiger partial charge in [-0.2, -0.15) is 0 Å². The summed E-state index contributed by atoms with van der Waals surface area (Å²) in [7, 11) is 0. The van der Waals surface area contributed by atoms with Crippen LogP contribution in [0.5, 0.6) is 0 Å². The maximum absolute atomic E-state index is 13.3. The first-order valence-corrected chi connectivity index (χ1v) is 10.2. The highest BCUT2D eigenvalue weighted by atomic mass is 32.1. The fourth-order valence-electron chi connectivity index (χ4n) is 3.56. The Morgan fingerprint density at radius 3 is 2.72 bits per heavy atom. The lowest BCUT2D eigenvalue weighted by atomic mass is 10.1. The van der Waals surface area contributed by atoms with Crippen LogP contribution in [0.1, 0.15) is 16.5 Å². The van der Waals surface area contributed by atoms with Crippen LogP contribution in [0.3, 0.4) is 0 Å². The van der Waals surface area contributed by atoms with Crippen molar-refractivity contribution in [1.29, 1.82) is 0 Å². The molecule has 0 radical (unpaired) electrons. The molecule has 3 aromatic rings. The van der Waals surface area contributed by atoms with E-state index >= 15 is 0 Å². The molecule has 0 saturated carbocycles. The van der Waals surface area contributed by atoms with E-state index in [9.17, 15) is 14.0 Å². The highest BCUT2D eigenvalue weighted by molar-refractivity contribution is 7.10. The fraction of sp³-hybridized carbons (Fsp3) is 0.182. The van der Waals surface area contributed by atoms with Crippen LogP contribution in [0.4, 0.5) is 15.8 Å². The smallest absolute Gasteiger partial charge is 0.313 e. The van der Waals surface area contributed by atoms with Crippen molar-refractivity contribution in [2.75, 3.05) is 23.3 Å². The number of para-hydroxylation sites is 1. The van der Waals surface area contributed by atoms with E-state index in [2.05, 4.69) is 27.7 Å². The van der Waals surface area contributed by atoms with E-state index in [0.29, 0.717) is 6.54 Å². The van der Waals surface area contributed by atoms with Crippen molar-refractivity contribution in [2.45, 2.75) is 12.5 Å². The van der Waals surface area contributed by atoms with Gasteiger partial charge in [-0.1, -0.05) is 30.3 Å². The van der Waals surface area contributed by atoms with Gasteiger partial charge in [-0.3, -0.25) is 9.59 Å². The molecule has 2 N–H and O–H groups in total. The number of hydrogen-bond acceptors (Lipinski definition) is 4. The minimum absolute atomic E-state index is 0.0652. The van der Waals surface area contributed by atoms with Gasteiger partial charge in [0.25, 0.3) is 0 Å². The summed E-state index contributed by atoms with van der Waals surface area (Å²) < 4.78 is 13.3. The zero-order valence-corrected chi connectivity index (χ0v) is 16.4. The summed E-state index contributed by atoms with van der Waals surface area (Å²) in [5.74, 6) is -2.04. The van der Waals surface area contributed by atoms with E-state index in [1.54, 1.807) is 11.3 Å². The Hall–Kier alpha value is -3.19. The van der Waals surface area contributed by atoms with Crippen LogP contribution in [-0.4, -0.2) is 24.9 Å². The highest BCUT2D eigenvalue weighted by Gasteiger charge is 2.28. The van der Waals surface area contributed by atoms with E-state index in [1.165, 1.54) is 29.8 Å². The number of anilines is 2. The summed E-state index contributed by atoms with van der Waals surface area (Å²) in [5, 5.41) is 7.16. The van der Waals surface area contributed by atoms with E-state index in [1.807, 2.05) is 29.6 Å². The third kappa shape index (κ3) is 4.30. The van der Waals surface area contributed by atoms with Gasteiger partial charge < -0.3 is 15.5 Å². The maximum atomic E-state index is 13.3. The molecule has 4 rings (SSSR count). The molecule has 0 saturated heterocycles. The third-order valence-corrected chi connectivity index (χ3v) is 5.89. The Bertz CT molecular complexity index is 1020. The molecule has 148 valence electrons. The quantitative estimate of drug-likeness (QED) is 0.631. The standard InChI is InChI=1S/C22H20FN3O2S/c23-16-6-3-7-17(13-16)25-22(28)21(27)24-14-19(20-9-4-12-29-20)26-11-10-15-5-1-2-8-18(15)26/h1-9,12-13,19H,10-11,14H2,(H,24,27)(H,25,28)/t19-/m1/s1. The number of carbonyl (C=O) groups is 2. The normalized spacial score (nSPS) is 13.6. The molecular weight excluding hydrogens is 389 g/mol. The van der Waals surface area contributed by atoms with E-state index in [-0.39, 0.29) is 11.7 Å². The molecular formula is C22H20FN3O2S. The molecule has 0 unspecified atom stereocenters. The van der Waals surface area contributed by atoms with Crippen LogP contribution < -0.4 is 15.5 Å². The highest BCUT2D eigenvalue weighted by Crippen LogP contribution is 2.36. The number of fused-ring (bicyclic) bond motifs is 1. The maximum Gasteiger partial charge on any atom is 0.313 e. The zero-order chi connectivity index (χ0) is 20.2. The Kier molecular flexibility index (Phi) is 5.57. The van der Waals surface area contributed by atoms with Gasteiger partial charge in [-0.05, 0) is 47.7 Å². The van der Waals surface area contributed by atoms with Crippen LogP contribution in [0.15, 0.2) is 66.0 Å². The van der Waals surface area contributed by atoms with E-state index in [4.69, 9.17) is 0 Å². The first kappa shape index (κ1) is 19.1. The van der Waals surface area contributed by atoms with Crippen LogP contribution in [0, 0.1) is 5.82 Å². The van der Waals surface area contributed by atoms with Gasteiger partial charge in [0.1, 0.15) is 5.82 Å². The van der Waals surface area contributed by atoms with Crippen LogP contribution in [0.2, 0.25) is 0 Å². The Morgan fingerprint density at radius 1 is 1.07 bits per heavy atom. The lowest BCUT2D eigenvalue weighted by molar-refractivity contribution is -0.136. The summed E-state index contributed by atoms with van der Waals surface area (Å²) in [6.45, 7) is 1.15. The number of amides is 2. The molecule has 0 spiro atoms. The molecule has 2 heterocycles. The zero-order valence-electron chi connectivity index (χ0n) is 15.6. The van der Waals surface area contributed by atoms with Crippen LogP contribution >= 0.6 is 11.3 Å². The summed E-state index contributed by atoms with van der Waals surface area (Å²) in [6, 6.07) is 17.6. The summed E-state index contributed by atoms with van der Waals surface area (Å²) in [4.78, 5) is 27.9. The Balaban J connectivity index is 1.45. The van der Waals surface area contributed by atoms with Crippen molar-refractivity contribution < 1.29 is 14.0 Å². The average Bonchev–Trinajstić information content (AvgIpc) is 3.39. The van der Waals surface area contributed by atoms with Gasteiger partial charge in [0.15, 0.2) is 0 Å². The number of nitrogens with one attached hydrogen (secondary N) is 2. The second-order valence-corrected chi connectivity index (χ2v) is 7.76. The number of hydrogen-bond donors (Lipinski definition) is 2.